The van der Waals surface area contributed by atoms with Crippen LogP contribution >= 0.6 is 0 Å². The zero-order valence-electron chi connectivity index (χ0n) is 10.3. The minimum atomic E-state index is -0.958. The van der Waals surface area contributed by atoms with Crippen LogP contribution in [-0.2, 0) is 16.1 Å². The number of aromatic nitrogens is 1. The Hall–Kier alpha value is -1.46. The van der Waals surface area contributed by atoms with Gasteiger partial charge in [-0.05, 0) is 32.9 Å². The zero-order valence-corrected chi connectivity index (χ0v) is 10.3. The van der Waals surface area contributed by atoms with Crippen molar-refractivity contribution in [1.29, 1.82) is 0 Å². The van der Waals surface area contributed by atoms with Gasteiger partial charge in [0.05, 0.1) is 5.60 Å². The molecule has 1 aromatic heterocycles. The van der Waals surface area contributed by atoms with Crippen LogP contribution in [0.25, 0.3) is 0 Å². The van der Waals surface area contributed by atoms with Crippen molar-refractivity contribution in [2.75, 3.05) is 0 Å². The third kappa shape index (κ3) is 5.42. The lowest BCUT2D eigenvalue weighted by atomic mass is 10.1. The van der Waals surface area contributed by atoms with Crippen LogP contribution in [0.5, 0.6) is 0 Å². The highest BCUT2D eigenvalue weighted by Crippen LogP contribution is 2.06. The molecule has 0 spiro atoms. The molecule has 0 fully saturated rings. The summed E-state index contributed by atoms with van der Waals surface area (Å²) < 4.78 is 0. The first-order valence-electron chi connectivity index (χ1n) is 5.45. The lowest BCUT2D eigenvalue weighted by Crippen LogP contribution is -2.42. The summed E-state index contributed by atoms with van der Waals surface area (Å²) in [5.74, 6) is -0.958. The molecule has 1 rings (SSSR count). The Morgan fingerprint density at radius 2 is 2.24 bits per heavy atom. The molecule has 1 aromatic rings. The van der Waals surface area contributed by atoms with Crippen molar-refractivity contribution >= 4 is 5.97 Å². The van der Waals surface area contributed by atoms with E-state index in [2.05, 4.69) is 10.5 Å². The normalized spacial score (nSPS) is 13.4. The van der Waals surface area contributed by atoms with E-state index in [1.165, 1.54) is 0 Å². The molecule has 0 bridgehead atoms. The predicted octanol–water partition coefficient (Wildman–Crippen LogP) is 1.40. The van der Waals surface area contributed by atoms with E-state index >= 15 is 0 Å². The fraction of sp³-hybridized carbons (Fsp3) is 0.500. The first-order chi connectivity index (χ1) is 7.88. The molecule has 0 amide bonds. The maximum atomic E-state index is 11.1. The predicted molar refractivity (Wildman–Crippen MR) is 63.3 cm³/mol. The molecule has 0 saturated heterocycles. The first kappa shape index (κ1) is 13.6. The lowest BCUT2D eigenvalue weighted by Gasteiger charge is -2.22. The monoisotopic (exact) mass is 238 g/mol. The molecule has 5 nitrogen and oxygen atoms in total. The molecule has 1 atom stereocenters. The Morgan fingerprint density at radius 1 is 1.53 bits per heavy atom. The van der Waals surface area contributed by atoms with Crippen LogP contribution in [0.4, 0.5) is 0 Å². The topological polar surface area (TPSA) is 71.5 Å². The highest BCUT2D eigenvalue weighted by atomic mass is 16.7. The summed E-state index contributed by atoms with van der Waals surface area (Å²) in [6.45, 7) is 5.54. The molecule has 17 heavy (non-hydrogen) atoms. The van der Waals surface area contributed by atoms with Crippen molar-refractivity contribution in [3.05, 3.63) is 30.1 Å². The molecule has 94 valence electrons. The summed E-state index contributed by atoms with van der Waals surface area (Å²) in [4.78, 5) is 20.4. The van der Waals surface area contributed by atoms with E-state index in [0.717, 1.165) is 0 Å². The lowest BCUT2D eigenvalue weighted by molar-refractivity contribution is -0.150. The van der Waals surface area contributed by atoms with Gasteiger partial charge in [0, 0.05) is 18.3 Å². The summed E-state index contributed by atoms with van der Waals surface area (Å²) in [6, 6.07) is 4.60. The summed E-state index contributed by atoms with van der Waals surface area (Å²) in [7, 11) is 0. The van der Waals surface area contributed by atoms with E-state index < -0.39 is 17.6 Å². The number of hydrogen-bond acceptors (Lipinski definition) is 4. The van der Waals surface area contributed by atoms with Crippen molar-refractivity contribution < 1.29 is 14.7 Å². The molecular weight excluding hydrogens is 220 g/mol. The number of carboxylic acids is 1. The second-order valence-corrected chi connectivity index (χ2v) is 4.75. The van der Waals surface area contributed by atoms with Crippen molar-refractivity contribution in [3.63, 3.8) is 0 Å². The summed E-state index contributed by atoms with van der Waals surface area (Å²) in [6.07, 6.45) is 1.92. The van der Waals surface area contributed by atoms with Gasteiger partial charge in [0.1, 0.15) is 6.04 Å². The number of carboxylic acid groups (broad SMARTS) is 1. The maximum Gasteiger partial charge on any atom is 0.323 e. The molecule has 0 aliphatic carbocycles. The molecule has 0 unspecified atom stereocenters. The Balaban J connectivity index is 2.59. The standard InChI is InChI=1S/C12H18N2O3/c1-12(2,3)17-14-10(11(15)16)8-9-6-4-5-7-13-9/h4-7,10,14H,8H2,1-3H3,(H,15,16)/t10-/m1/s1. The number of aliphatic carboxylic acids is 1. The zero-order chi connectivity index (χ0) is 12.9. The molecule has 0 aliphatic rings. The van der Waals surface area contributed by atoms with Crippen LogP contribution in [0.1, 0.15) is 26.5 Å². The summed E-state index contributed by atoms with van der Waals surface area (Å²) in [5.41, 5.74) is 2.85. The smallest absolute Gasteiger partial charge is 0.323 e. The second-order valence-electron chi connectivity index (χ2n) is 4.75. The maximum absolute atomic E-state index is 11.1. The third-order valence-corrected chi connectivity index (χ3v) is 1.94. The summed E-state index contributed by atoms with van der Waals surface area (Å²) >= 11 is 0. The Bertz CT molecular complexity index is 360. The van der Waals surface area contributed by atoms with E-state index in [1.54, 1.807) is 18.3 Å². The van der Waals surface area contributed by atoms with Gasteiger partial charge in [-0.2, -0.15) is 5.48 Å². The molecule has 2 N–H and O–H groups in total. The molecule has 5 heteroatoms. The highest BCUT2D eigenvalue weighted by Gasteiger charge is 2.21. The van der Waals surface area contributed by atoms with Gasteiger partial charge < -0.3 is 5.11 Å². The van der Waals surface area contributed by atoms with E-state index in [0.29, 0.717) is 5.69 Å². The number of nitrogens with one attached hydrogen (secondary N) is 1. The van der Waals surface area contributed by atoms with Crippen LogP contribution in [0.15, 0.2) is 24.4 Å². The van der Waals surface area contributed by atoms with Gasteiger partial charge in [0.15, 0.2) is 0 Å². The number of carbonyl (C=O) groups is 1. The van der Waals surface area contributed by atoms with Crippen LogP contribution in [0, 0.1) is 0 Å². The van der Waals surface area contributed by atoms with E-state index in [1.807, 2.05) is 26.8 Å². The van der Waals surface area contributed by atoms with E-state index in [9.17, 15) is 4.79 Å². The van der Waals surface area contributed by atoms with Crippen LogP contribution < -0.4 is 5.48 Å². The first-order valence-corrected chi connectivity index (χ1v) is 5.45. The molecule has 0 aromatic carbocycles. The summed E-state index contributed by atoms with van der Waals surface area (Å²) in [5, 5.41) is 9.06. The minimum Gasteiger partial charge on any atom is -0.480 e. The van der Waals surface area contributed by atoms with Crippen molar-refractivity contribution in [1.82, 2.24) is 10.5 Å². The van der Waals surface area contributed by atoms with Gasteiger partial charge in [0.2, 0.25) is 0 Å². The Kier molecular flexibility index (Phi) is 4.60. The third-order valence-electron chi connectivity index (χ3n) is 1.94. The molecular formula is C12H18N2O3. The number of nitrogens with zero attached hydrogens (tertiary/aromatic N) is 1. The average molecular weight is 238 g/mol. The van der Waals surface area contributed by atoms with Crippen LogP contribution in [0.3, 0.4) is 0 Å². The number of hydroxylamine groups is 1. The van der Waals surface area contributed by atoms with E-state index in [4.69, 9.17) is 9.94 Å². The Labute approximate surface area is 101 Å². The van der Waals surface area contributed by atoms with Crippen molar-refractivity contribution in [2.45, 2.75) is 38.8 Å². The molecule has 0 radical (unpaired) electrons. The molecule has 0 aliphatic heterocycles. The van der Waals surface area contributed by atoms with Gasteiger partial charge >= 0.3 is 5.97 Å². The SMILES string of the molecule is CC(C)(C)ON[C@H](Cc1ccccn1)C(=O)O. The Morgan fingerprint density at radius 3 is 2.71 bits per heavy atom. The van der Waals surface area contributed by atoms with Gasteiger partial charge in [0.25, 0.3) is 0 Å². The minimum absolute atomic E-state index is 0.284. The van der Waals surface area contributed by atoms with Crippen LogP contribution in [0.2, 0.25) is 0 Å². The second kappa shape index (κ2) is 5.75. The van der Waals surface area contributed by atoms with Gasteiger partial charge in [-0.25, -0.2) is 0 Å². The highest BCUT2D eigenvalue weighted by molar-refractivity contribution is 5.73. The van der Waals surface area contributed by atoms with Gasteiger partial charge in [-0.1, -0.05) is 6.07 Å². The molecule has 0 saturated carbocycles. The number of rotatable bonds is 5. The van der Waals surface area contributed by atoms with Crippen LogP contribution in [-0.4, -0.2) is 27.7 Å². The fourth-order valence-corrected chi connectivity index (χ4v) is 1.16. The quantitative estimate of drug-likeness (QED) is 0.759. The van der Waals surface area contributed by atoms with Crippen molar-refractivity contribution in [3.8, 4) is 0 Å². The number of pyridine rings is 1. The van der Waals surface area contributed by atoms with Gasteiger partial charge in [-0.3, -0.25) is 14.6 Å². The fourth-order valence-electron chi connectivity index (χ4n) is 1.16. The average Bonchev–Trinajstić information content (AvgIpc) is 2.24. The molecule has 1 heterocycles. The van der Waals surface area contributed by atoms with Crippen molar-refractivity contribution in [2.24, 2.45) is 0 Å². The van der Waals surface area contributed by atoms with E-state index in [-0.39, 0.29) is 6.42 Å². The number of hydrogen-bond donors (Lipinski definition) is 2. The largest absolute Gasteiger partial charge is 0.480 e. The van der Waals surface area contributed by atoms with Gasteiger partial charge in [-0.15, -0.1) is 0 Å².